The maximum absolute atomic E-state index is 13.1. The third kappa shape index (κ3) is 9.28. The minimum absolute atomic E-state index is 0.0799. The summed E-state index contributed by atoms with van der Waals surface area (Å²) in [6, 6.07) is 17.5. The van der Waals surface area contributed by atoms with Gasteiger partial charge in [0.1, 0.15) is 23.1 Å². The molecule has 1 aromatic heterocycles. The van der Waals surface area contributed by atoms with Crippen molar-refractivity contribution in [3.05, 3.63) is 99.0 Å². The Balaban J connectivity index is 1.40. The van der Waals surface area contributed by atoms with Crippen LogP contribution in [-0.2, 0) is 27.7 Å². The molecule has 4 aromatic rings. The maximum atomic E-state index is 13.1. The van der Waals surface area contributed by atoms with Gasteiger partial charge in [-0.1, -0.05) is 31.5 Å². The van der Waals surface area contributed by atoms with Gasteiger partial charge in [-0.25, -0.2) is 18.2 Å². The summed E-state index contributed by atoms with van der Waals surface area (Å²) in [5.74, 6) is -0.576. The first-order valence-electron chi connectivity index (χ1n) is 13.4. The van der Waals surface area contributed by atoms with E-state index in [1.165, 1.54) is 35.6 Å². The van der Waals surface area contributed by atoms with Crippen LogP contribution in [0.3, 0.4) is 0 Å². The molecule has 0 bridgehead atoms. The first-order valence-corrected chi connectivity index (χ1v) is 16.4. The van der Waals surface area contributed by atoms with Crippen LogP contribution < -0.4 is 14.8 Å². The monoisotopic (exact) mass is 642 g/mol. The fraction of sp³-hybridized carbons (Fsp3) is 0.258. The number of hydrogen-bond acceptors (Lipinski definition) is 8. The number of sulfone groups is 1. The van der Waals surface area contributed by atoms with Gasteiger partial charge in [0, 0.05) is 16.0 Å². The average molecular weight is 643 g/mol. The zero-order chi connectivity index (χ0) is 31.0. The largest absolute Gasteiger partial charge is 0.486 e. The molecule has 0 aliphatic heterocycles. The fourth-order valence-electron chi connectivity index (χ4n) is 4.02. The highest BCUT2D eigenvalue weighted by molar-refractivity contribution is 7.91. The molecule has 0 aliphatic rings. The molecule has 2 N–H and O–H groups in total. The van der Waals surface area contributed by atoms with Crippen LogP contribution in [-0.4, -0.2) is 42.7 Å². The Morgan fingerprint density at radius 1 is 1.02 bits per heavy atom. The number of aryl methyl sites for hydroxylation is 1. The van der Waals surface area contributed by atoms with Crippen LogP contribution in [0.25, 0.3) is 0 Å². The summed E-state index contributed by atoms with van der Waals surface area (Å²) < 4.78 is 36.6. The van der Waals surface area contributed by atoms with Crippen molar-refractivity contribution in [3.8, 4) is 11.5 Å². The molecule has 1 heterocycles. The van der Waals surface area contributed by atoms with Crippen LogP contribution >= 0.6 is 22.9 Å². The van der Waals surface area contributed by atoms with Crippen LogP contribution in [0.4, 0.5) is 5.69 Å². The van der Waals surface area contributed by atoms with Gasteiger partial charge in [-0.05, 0) is 85.0 Å². The number of aliphatic carboxylic acids is 1. The molecule has 0 aliphatic carbocycles. The van der Waals surface area contributed by atoms with E-state index in [0.717, 1.165) is 16.3 Å². The predicted octanol–water partition coefficient (Wildman–Crippen LogP) is 6.62. The highest BCUT2D eigenvalue weighted by Crippen LogP contribution is 2.28. The summed E-state index contributed by atoms with van der Waals surface area (Å²) in [6.45, 7) is 3.89. The first-order chi connectivity index (χ1) is 20.5. The van der Waals surface area contributed by atoms with Gasteiger partial charge in [0.15, 0.2) is 16.4 Å². The van der Waals surface area contributed by atoms with Crippen molar-refractivity contribution in [2.45, 2.75) is 44.1 Å². The molecule has 12 heteroatoms. The van der Waals surface area contributed by atoms with Crippen LogP contribution in [0.5, 0.6) is 11.5 Å². The zero-order valence-electron chi connectivity index (χ0n) is 23.6. The van der Waals surface area contributed by atoms with Crippen molar-refractivity contribution < 1.29 is 32.6 Å². The number of carboxylic acid groups (broad SMARTS) is 1. The molecule has 0 fully saturated rings. The van der Waals surface area contributed by atoms with Gasteiger partial charge < -0.3 is 19.9 Å². The Bertz CT molecular complexity index is 1670. The lowest BCUT2D eigenvalue weighted by Crippen LogP contribution is -2.15. The summed E-state index contributed by atoms with van der Waals surface area (Å²) in [7, 11) is -3.50. The standard InChI is InChI=1S/C31H31ClN2O7S2/c1-20(2)27-19-42-29(33-27)17-40-24-10-6-22(7-11-24)31(37)34-26-16-21(5-14-28(26)41-18-30(35)36)4-3-15-43(38,39)25-12-8-23(32)9-13-25/h5-14,16,19-20H,3-4,15,17-18H2,1-2H3,(H,34,37)(H,35,36). The number of aromatic nitrogens is 1. The van der Waals surface area contributed by atoms with Gasteiger partial charge in [0.05, 0.1) is 22.0 Å². The maximum Gasteiger partial charge on any atom is 0.341 e. The number of hydrogen-bond donors (Lipinski definition) is 2. The van der Waals surface area contributed by atoms with Crippen molar-refractivity contribution in [1.29, 1.82) is 0 Å². The van der Waals surface area contributed by atoms with Crippen LogP contribution in [0.1, 0.15) is 52.8 Å². The van der Waals surface area contributed by atoms with E-state index in [4.69, 9.17) is 26.2 Å². The lowest BCUT2D eigenvalue weighted by atomic mass is 10.1. The van der Waals surface area contributed by atoms with E-state index in [9.17, 15) is 18.0 Å². The first kappa shape index (κ1) is 32.0. The molecule has 0 atom stereocenters. The number of halogens is 1. The van der Waals surface area contributed by atoms with Gasteiger partial charge in [-0.15, -0.1) is 11.3 Å². The molecule has 0 saturated heterocycles. The number of nitrogens with one attached hydrogen (secondary N) is 1. The van der Waals surface area contributed by atoms with Crippen molar-refractivity contribution >= 4 is 50.3 Å². The molecule has 1 amide bonds. The van der Waals surface area contributed by atoms with E-state index in [1.54, 1.807) is 42.5 Å². The number of thiazole rings is 1. The second-order valence-corrected chi connectivity index (χ2v) is 13.5. The lowest BCUT2D eigenvalue weighted by Gasteiger charge is -2.14. The van der Waals surface area contributed by atoms with E-state index in [1.807, 2.05) is 5.38 Å². The number of carbonyl (C=O) groups is 2. The molecule has 3 aromatic carbocycles. The van der Waals surface area contributed by atoms with Gasteiger partial charge >= 0.3 is 5.97 Å². The van der Waals surface area contributed by atoms with Crippen LogP contribution in [0.15, 0.2) is 77.0 Å². The lowest BCUT2D eigenvalue weighted by molar-refractivity contribution is -0.139. The third-order valence-electron chi connectivity index (χ3n) is 6.33. The summed E-state index contributed by atoms with van der Waals surface area (Å²) in [4.78, 5) is 28.9. The van der Waals surface area contributed by atoms with Crippen molar-refractivity contribution in [2.24, 2.45) is 0 Å². The Morgan fingerprint density at radius 2 is 1.74 bits per heavy atom. The second-order valence-electron chi connectivity index (χ2n) is 9.98. The number of anilines is 1. The average Bonchev–Trinajstić information content (AvgIpc) is 3.46. The number of rotatable bonds is 14. The van der Waals surface area contributed by atoms with E-state index >= 15 is 0 Å². The van der Waals surface area contributed by atoms with Gasteiger partial charge in [-0.3, -0.25) is 4.79 Å². The highest BCUT2D eigenvalue weighted by atomic mass is 35.5. The van der Waals surface area contributed by atoms with Crippen LogP contribution in [0, 0.1) is 0 Å². The SMILES string of the molecule is CC(C)c1csc(COc2ccc(C(=O)Nc3cc(CCCS(=O)(=O)c4ccc(Cl)cc4)ccc3OCC(=O)O)cc2)n1. The van der Waals surface area contributed by atoms with Gasteiger partial charge in [0.25, 0.3) is 5.91 Å². The molecule has 43 heavy (non-hydrogen) atoms. The molecule has 9 nitrogen and oxygen atoms in total. The van der Waals surface area contributed by atoms with E-state index in [0.29, 0.717) is 41.7 Å². The number of ether oxygens (including phenoxy) is 2. The minimum Gasteiger partial charge on any atom is -0.486 e. The summed E-state index contributed by atoms with van der Waals surface area (Å²) >= 11 is 7.40. The number of carbonyl (C=O) groups excluding carboxylic acids is 1. The molecular formula is C31H31ClN2O7S2. The van der Waals surface area contributed by atoms with E-state index in [-0.39, 0.29) is 22.1 Å². The quantitative estimate of drug-likeness (QED) is 0.157. The molecule has 0 unspecified atom stereocenters. The highest BCUT2D eigenvalue weighted by Gasteiger charge is 2.16. The summed E-state index contributed by atoms with van der Waals surface area (Å²) in [5.41, 5.74) is 2.40. The van der Waals surface area contributed by atoms with E-state index < -0.39 is 28.3 Å². The molecule has 0 radical (unpaired) electrons. The van der Waals surface area contributed by atoms with E-state index in [2.05, 4.69) is 24.1 Å². The van der Waals surface area contributed by atoms with Crippen molar-refractivity contribution in [3.63, 3.8) is 0 Å². The Kier molecular flexibility index (Phi) is 10.8. The van der Waals surface area contributed by atoms with Gasteiger partial charge in [-0.2, -0.15) is 0 Å². The Labute approximate surface area is 259 Å². The molecule has 4 rings (SSSR count). The predicted molar refractivity (Wildman–Crippen MR) is 166 cm³/mol. The van der Waals surface area contributed by atoms with Gasteiger partial charge in [0.2, 0.25) is 0 Å². The smallest absolute Gasteiger partial charge is 0.341 e. The summed E-state index contributed by atoms with van der Waals surface area (Å²) in [5, 5.41) is 15.2. The molecule has 0 saturated carbocycles. The number of carboxylic acids is 1. The summed E-state index contributed by atoms with van der Waals surface area (Å²) in [6.07, 6.45) is 0.730. The number of amides is 1. The van der Waals surface area contributed by atoms with Crippen LogP contribution in [0.2, 0.25) is 5.02 Å². The number of nitrogens with zero attached hydrogens (tertiary/aromatic N) is 1. The fourth-order valence-corrected chi connectivity index (χ4v) is 6.32. The normalized spacial score (nSPS) is 11.3. The number of benzene rings is 3. The molecular weight excluding hydrogens is 612 g/mol. The molecule has 226 valence electrons. The van der Waals surface area contributed by atoms with Crippen molar-refractivity contribution in [1.82, 2.24) is 4.98 Å². The second kappa shape index (κ2) is 14.5. The minimum atomic E-state index is -3.50. The molecule has 0 spiro atoms. The topological polar surface area (TPSA) is 132 Å². The zero-order valence-corrected chi connectivity index (χ0v) is 26.0. The Hall–Kier alpha value is -3.93. The van der Waals surface area contributed by atoms with Crippen molar-refractivity contribution in [2.75, 3.05) is 17.7 Å². The Morgan fingerprint density at radius 3 is 2.40 bits per heavy atom. The third-order valence-corrected chi connectivity index (χ3v) is 9.24.